The fraction of sp³-hybridized carbons (Fsp3) is 0.250. The molecule has 0 unspecified atom stereocenters. The van der Waals surface area contributed by atoms with Crippen molar-refractivity contribution >= 4 is 17.6 Å². The summed E-state index contributed by atoms with van der Waals surface area (Å²) in [5.74, 6) is 0.343. The molecule has 1 aromatic heterocycles. The zero-order chi connectivity index (χ0) is 11.5. The standard InChI is InChI=1S/C12H14N2OS/c1-8(2)16-10-5-3-9(4-6-10)11-7-12(13)15-14-11/h3-8H,13H2,1-2H3. The monoisotopic (exact) mass is 234 g/mol. The number of nitrogens with two attached hydrogens (primary N) is 1. The number of nitrogens with zero attached hydrogens (tertiary/aromatic N) is 1. The zero-order valence-electron chi connectivity index (χ0n) is 9.31. The van der Waals surface area contributed by atoms with Crippen molar-refractivity contribution in [3.63, 3.8) is 0 Å². The van der Waals surface area contributed by atoms with Gasteiger partial charge in [0, 0.05) is 21.8 Å². The van der Waals surface area contributed by atoms with Gasteiger partial charge in [-0.05, 0) is 12.1 Å². The number of hydrogen-bond acceptors (Lipinski definition) is 4. The summed E-state index contributed by atoms with van der Waals surface area (Å²) >= 11 is 1.84. The molecule has 0 radical (unpaired) electrons. The molecule has 2 N–H and O–H groups in total. The highest BCUT2D eigenvalue weighted by molar-refractivity contribution is 7.99. The molecule has 0 saturated carbocycles. The van der Waals surface area contributed by atoms with E-state index in [9.17, 15) is 0 Å². The average Bonchev–Trinajstić information content (AvgIpc) is 2.65. The molecule has 0 amide bonds. The predicted molar refractivity (Wildman–Crippen MR) is 67.3 cm³/mol. The highest BCUT2D eigenvalue weighted by atomic mass is 32.2. The highest BCUT2D eigenvalue weighted by Crippen LogP contribution is 2.26. The number of hydrogen-bond donors (Lipinski definition) is 1. The Kier molecular flexibility index (Phi) is 3.19. The summed E-state index contributed by atoms with van der Waals surface area (Å²) in [6, 6.07) is 9.96. The number of aromatic nitrogens is 1. The number of anilines is 1. The van der Waals surface area contributed by atoms with Gasteiger partial charge in [0.2, 0.25) is 5.88 Å². The molecule has 0 aliphatic carbocycles. The largest absolute Gasteiger partial charge is 0.368 e. The summed E-state index contributed by atoms with van der Waals surface area (Å²) in [7, 11) is 0. The fourth-order valence-electron chi connectivity index (χ4n) is 1.40. The van der Waals surface area contributed by atoms with Gasteiger partial charge in [-0.25, -0.2) is 0 Å². The van der Waals surface area contributed by atoms with Crippen LogP contribution in [0, 0.1) is 0 Å². The van der Waals surface area contributed by atoms with Gasteiger partial charge in [0.15, 0.2) is 0 Å². The summed E-state index contributed by atoms with van der Waals surface area (Å²) in [5, 5.41) is 4.46. The molecule has 2 aromatic rings. The van der Waals surface area contributed by atoms with Crippen molar-refractivity contribution in [1.82, 2.24) is 5.16 Å². The molecule has 0 atom stereocenters. The van der Waals surface area contributed by atoms with Crippen LogP contribution in [-0.4, -0.2) is 10.4 Å². The number of nitrogen functional groups attached to an aromatic ring is 1. The molecule has 2 rings (SSSR count). The Bertz CT molecular complexity index is 462. The Morgan fingerprint density at radius 2 is 1.94 bits per heavy atom. The topological polar surface area (TPSA) is 52.0 Å². The first-order valence-corrected chi connectivity index (χ1v) is 6.02. The Labute approximate surface area is 99.0 Å². The minimum atomic E-state index is 0.343. The molecule has 16 heavy (non-hydrogen) atoms. The first kappa shape index (κ1) is 11.1. The van der Waals surface area contributed by atoms with E-state index in [4.69, 9.17) is 10.3 Å². The third-order valence-electron chi connectivity index (χ3n) is 2.05. The van der Waals surface area contributed by atoms with Crippen molar-refractivity contribution in [2.45, 2.75) is 24.0 Å². The number of rotatable bonds is 3. The minimum absolute atomic E-state index is 0.343. The van der Waals surface area contributed by atoms with E-state index >= 15 is 0 Å². The summed E-state index contributed by atoms with van der Waals surface area (Å²) in [6.45, 7) is 4.35. The highest BCUT2D eigenvalue weighted by Gasteiger charge is 2.04. The van der Waals surface area contributed by atoms with E-state index in [0.29, 0.717) is 11.1 Å². The van der Waals surface area contributed by atoms with Crippen LogP contribution in [0.5, 0.6) is 0 Å². The summed E-state index contributed by atoms with van der Waals surface area (Å²) in [4.78, 5) is 1.26. The zero-order valence-corrected chi connectivity index (χ0v) is 10.1. The first-order chi connectivity index (χ1) is 7.65. The van der Waals surface area contributed by atoms with Crippen molar-refractivity contribution < 1.29 is 4.52 Å². The second-order valence-electron chi connectivity index (χ2n) is 3.81. The molecule has 1 aromatic carbocycles. The molecule has 4 heteroatoms. The van der Waals surface area contributed by atoms with Gasteiger partial charge in [0.25, 0.3) is 0 Å². The van der Waals surface area contributed by atoms with Gasteiger partial charge in [0.1, 0.15) is 5.69 Å². The van der Waals surface area contributed by atoms with Crippen LogP contribution >= 0.6 is 11.8 Å². The van der Waals surface area contributed by atoms with Gasteiger partial charge in [-0.15, -0.1) is 11.8 Å². The maximum absolute atomic E-state index is 5.48. The Morgan fingerprint density at radius 1 is 1.25 bits per heavy atom. The van der Waals surface area contributed by atoms with E-state index < -0.39 is 0 Å². The van der Waals surface area contributed by atoms with Gasteiger partial charge in [-0.3, -0.25) is 0 Å². The van der Waals surface area contributed by atoms with Crippen LogP contribution in [0.1, 0.15) is 13.8 Å². The molecule has 0 spiro atoms. The van der Waals surface area contributed by atoms with Crippen LogP contribution in [0.2, 0.25) is 0 Å². The quantitative estimate of drug-likeness (QED) is 0.827. The van der Waals surface area contributed by atoms with E-state index in [1.54, 1.807) is 6.07 Å². The van der Waals surface area contributed by atoms with Gasteiger partial charge < -0.3 is 10.3 Å². The maximum atomic E-state index is 5.48. The van der Waals surface area contributed by atoms with E-state index in [1.807, 2.05) is 23.9 Å². The molecule has 84 valence electrons. The molecule has 1 heterocycles. The van der Waals surface area contributed by atoms with E-state index in [2.05, 4.69) is 31.1 Å². The molecule has 0 saturated heterocycles. The first-order valence-electron chi connectivity index (χ1n) is 5.14. The predicted octanol–water partition coefficient (Wildman–Crippen LogP) is 3.42. The second-order valence-corrected chi connectivity index (χ2v) is 5.46. The summed E-state index contributed by atoms with van der Waals surface area (Å²) < 4.78 is 4.84. The van der Waals surface area contributed by atoms with Crippen molar-refractivity contribution in [3.05, 3.63) is 30.3 Å². The Balaban J connectivity index is 2.19. The summed E-state index contributed by atoms with van der Waals surface area (Å²) in [6.07, 6.45) is 0. The van der Waals surface area contributed by atoms with E-state index in [1.165, 1.54) is 4.90 Å². The molecule has 0 aliphatic heterocycles. The SMILES string of the molecule is CC(C)Sc1ccc(-c2cc(N)on2)cc1. The summed E-state index contributed by atoms with van der Waals surface area (Å²) in [5.41, 5.74) is 7.28. The van der Waals surface area contributed by atoms with Gasteiger partial charge >= 0.3 is 0 Å². The van der Waals surface area contributed by atoms with Gasteiger partial charge in [-0.1, -0.05) is 31.1 Å². The lowest BCUT2D eigenvalue weighted by Crippen LogP contribution is -1.85. The smallest absolute Gasteiger partial charge is 0.222 e. The number of benzene rings is 1. The van der Waals surface area contributed by atoms with Crippen molar-refractivity contribution in [1.29, 1.82) is 0 Å². The molecular weight excluding hydrogens is 220 g/mol. The maximum Gasteiger partial charge on any atom is 0.222 e. The van der Waals surface area contributed by atoms with Crippen molar-refractivity contribution in [3.8, 4) is 11.3 Å². The van der Waals surface area contributed by atoms with Crippen molar-refractivity contribution in [2.75, 3.05) is 5.73 Å². The fourth-order valence-corrected chi connectivity index (χ4v) is 2.24. The van der Waals surface area contributed by atoms with Crippen LogP contribution in [0.3, 0.4) is 0 Å². The Hall–Kier alpha value is -1.42. The lowest BCUT2D eigenvalue weighted by molar-refractivity contribution is 0.439. The van der Waals surface area contributed by atoms with Crippen LogP contribution in [0.4, 0.5) is 5.88 Å². The van der Waals surface area contributed by atoms with Gasteiger partial charge in [0.05, 0.1) is 0 Å². The van der Waals surface area contributed by atoms with Crippen molar-refractivity contribution in [2.24, 2.45) is 0 Å². The molecule has 0 aliphatic rings. The number of thioether (sulfide) groups is 1. The third kappa shape index (κ3) is 2.58. The lowest BCUT2D eigenvalue weighted by atomic mass is 10.1. The lowest BCUT2D eigenvalue weighted by Gasteiger charge is -2.04. The normalized spacial score (nSPS) is 10.9. The van der Waals surface area contributed by atoms with Gasteiger partial charge in [-0.2, -0.15) is 0 Å². The average molecular weight is 234 g/mol. The molecular formula is C12H14N2OS. The van der Waals surface area contributed by atoms with Crippen LogP contribution in [0.15, 0.2) is 39.8 Å². The van der Waals surface area contributed by atoms with Crippen LogP contribution < -0.4 is 5.73 Å². The Morgan fingerprint density at radius 3 is 2.44 bits per heavy atom. The van der Waals surface area contributed by atoms with E-state index in [0.717, 1.165) is 11.3 Å². The van der Waals surface area contributed by atoms with Crippen LogP contribution in [-0.2, 0) is 0 Å². The molecule has 0 bridgehead atoms. The van der Waals surface area contributed by atoms with Crippen LogP contribution in [0.25, 0.3) is 11.3 Å². The second kappa shape index (κ2) is 4.61. The third-order valence-corrected chi connectivity index (χ3v) is 3.07. The minimum Gasteiger partial charge on any atom is -0.368 e. The molecule has 0 fully saturated rings. The van der Waals surface area contributed by atoms with E-state index in [-0.39, 0.29) is 0 Å². The molecule has 3 nitrogen and oxygen atoms in total.